The topological polar surface area (TPSA) is 80.5 Å². The van der Waals surface area contributed by atoms with Gasteiger partial charge in [-0.3, -0.25) is 14.5 Å². The Balaban J connectivity index is 1.74. The smallest absolute Gasteiger partial charge is 0.232 e. The molecule has 106 valence electrons. The van der Waals surface area contributed by atoms with Gasteiger partial charge in [0.15, 0.2) is 11.6 Å². The minimum absolute atomic E-state index is 0.0817. The number of nitrogens with zero attached hydrogens (tertiary/aromatic N) is 5. The van der Waals surface area contributed by atoms with E-state index in [9.17, 15) is 9.59 Å². The predicted octanol–water partition coefficient (Wildman–Crippen LogP) is 0.557. The van der Waals surface area contributed by atoms with Gasteiger partial charge >= 0.3 is 0 Å². The standard InChI is InChI=1S/C13H17N5O2/c1-7-4-11(19)17(13(7)20)6-8(2)12-14-10-5-9(3)15-18(10)16-12/h7-8H,4-6H2,1-3H3. The van der Waals surface area contributed by atoms with Gasteiger partial charge in [-0.25, -0.2) is 4.98 Å². The molecule has 0 aromatic carbocycles. The fraction of sp³-hybridized carbons (Fsp3) is 0.615. The zero-order valence-electron chi connectivity index (χ0n) is 11.8. The second-order valence-electron chi connectivity index (χ2n) is 5.64. The van der Waals surface area contributed by atoms with Crippen molar-refractivity contribution in [1.29, 1.82) is 0 Å². The molecule has 0 N–H and O–H groups in total. The fourth-order valence-electron chi connectivity index (χ4n) is 2.57. The summed E-state index contributed by atoms with van der Waals surface area (Å²) in [5.74, 6) is 0.967. The third-order valence-electron chi connectivity index (χ3n) is 3.72. The highest BCUT2D eigenvalue weighted by atomic mass is 16.2. The van der Waals surface area contributed by atoms with Gasteiger partial charge in [0, 0.05) is 36.9 Å². The van der Waals surface area contributed by atoms with E-state index in [1.165, 1.54) is 9.69 Å². The second-order valence-corrected chi connectivity index (χ2v) is 5.64. The molecule has 2 aliphatic heterocycles. The van der Waals surface area contributed by atoms with Crippen LogP contribution in [0.1, 0.15) is 44.8 Å². The Labute approximate surface area is 116 Å². The van der Waals surface area contributed by atoms with Crippen molar-refractivity contribution in [3.63, 3.8) is 0 Å². The molecule has 20 heavy (non-hydrogen) atoms. The molecule has 0 radical (unpaired) electrons. The number of likely N-dealkylation sites (tertiary alicyclic amines) is 1. The van der Waals surface area contributed by atoms with E-state index in [1.54, 1.807) is 6.92 Å². The molecular formula is C13H17N5O2. The van der Waals surface area contributed by atoms with Gasteiger partial charge in [-0.15, -0.1) is 9.89 Å². The first kappa shape index (κ1) is 13.0. The van der Waals surface area contributed by atoms with E-state index in [2.05, 4.69) is 15.2 Å². The molecule has 1 fully saturated rings. The molecule has 1 saturated heterocycles. The maximum atomic E-state index is 11.9. The molecule has 2 unspecified atom stereocenters. The van der Waals surface area contributed by atoms with E-state index in [0.717, 1.165) is 11.5 Å². The van der Waals surface area contributed by atoms with Crippen LogP contribution in [0.5, 0.6) is 0 Å². The Morgan fingerprint density at radius 3 is 2.75 bits per heavy atom. The van der Waals surface area contributed by atoms with Gasteiger partial charge in [0.05, 0.1) is 0 Å². The zero-order chi connectivity index (χ0) is 14.4. The largest absolute Gasteiger partial charge is 0.282 e. The molecular weight excluding hydrogens is 258 g/mol. The molecule has 0 spiro atoms. The van der Waals surface area contributed by atoms with Crippen molar-refractivity contribution < 1.29 is 9.59 Å². The highest BCUT2D eigenvalue weighted by molar-refractivity contribution is 6.03. The number of fused-ring (bicyclic) bond motifs is 1. The van der Waals surface area contributed by atoms with Gasteiger partial charge in [0.1, 0.15) is 0 Å². The van der Waals surface area contributed by atoms with Crippen molar-refractivity contribution in [2.45, 2.75) is 39.5 Å². The zero-order valence-corrected chi connectivity index (χ0v) is 11.8. The van der Waals surface area contributed by atoms with Crippen molar-refractivity contribution >= 4 is 17.5 Å². The number of imide groups is 1. The molecule has 7 nitrogen and oxygen atoms in total. The summed E-state index contributed by atoms with van der Waals surface area (Å²) in [6.07, 6.45) is 1.01. The third-order valence-corrected chi connectivity index (χ3v) is 3.72. The van der Waals surface area contributed by atoms with Crippen LogP contribution in [0.2, 0.25) is 0 Å². The van der Waals surface area contributed by atoms with Crippen molar-refractivity contribution in [1.82, 2.24) is 19.8 Å². The SMILES string of the molecule is CC1=Nn2nc(C(C)CN3C(=O)CC(C)C3=O)nc2C1. The molecule has 0 bridgehead atoms. The number of carbonyl (C=O) groups is 2. The van der Waals surface area contributed by atoms with E-state index >= 15 is 0 Å². The van der Waals surface area contributed by atoms with Crippen LogP contribution in [0.3, 0.4) is 0 Å². The Morgan fingerprint density at radius 2 is 2.15 bits per heavy atom. The lowest BCUT2D eigenvalue weighted by Gasteiger charge is -2.17. The average Bonchev–Trinajstić information content (AvgIpc) is 2.97. The van der Waals surface area contributed by atoms with Crippen LogP contribution < -0.4 is 0 Å². The lowest BCUT2D eigenvalue weighted by Crippen LogP contribution is -2.34. The number of amides is 2. The van der Waals surface area contributed by atoms with Crippen LogP contribution in [0.15, 0.2) is 5.10 Å². The van der Waals surface area contributed by atoms with E-state index in [4.69, 9.17) is 0 Å². The molecule has 3 rings (SSSR count). The maximum absolute atomic E-state index is 11.9. The minimum atomic E-state index is -0.207. The number of hydrogen-bond donors (Lipinski definition) is 0. The lowest BCUT2D eigenvalue weighted by molar-refractivity contribution is -0.139. The molecule has 0 aliphatic carbocycles. The summed E-state index contributed by atoms with van der Waals surface area (Å²) in [4.78, 5) is 31.0. The minimum Gasteiger partial charge on any atom is -0.282 e. The first-order chi connectivity index (χ1) is 9.45. The molecule has 1 aromatic rings. The van der Waals surface area contributed by atoms with Gasteiger partial charge in [-0.05, 0) is 6.92 Å². The van der Waals surface area contributed by atoms with Crippen molar-refractivity contribution in [2.24, 2.45) is 11.0 Å². The Bertz CT molecular complexity index is 618. The van der Waals surface area contributed by atoms with Gasteiger partial charge in [0.2, 0.25) is 11.8 Å². The lowest BCUT2D eigenvalue weighted by atomic mass is 10.1. The van der Waals surface area contributed by atoms with Crippen molar-refractivity contribution in [2.75, 3.05) is 6.54 Å². The van der Waals surface area contributed by atoms with Gasteiger partial charge in [0.25, 0.3) is 0 Å². The van der Waals surface area contributed by atoms with Gasteiger partial charge in [-0.2, -0.15) is 5.10 Å². The average molecular weight is 275 g/mol. The molecule has 0 saturated carbocycles. The van der Waals surface area contributed by atoms with Crippen LogP contribution in [-0.4, -0.2) is 43.8 Å². The highest BCUT2D eigenvalue weighted by Gasteiger charge is 2.36. The number of rotatable bonds is 3. The van der Waals surface area contributed by atoms with E-state index in [1.807, 2.05) is 13.8 Å². The third kappa shape index (κ3) is 2.03. The Morgan fingerprint density at radius 1 is 1.40 bits per heavy atom. The molecule has 7 heteroatoms. The van der Waals surface area contributed by atoms with Crippen LogP contribution in [0.25, 0.3) is 0 Å². The summed E-state index contributed by atoms with van der Waals surface area (Å²) in [5, 5.41) is 8.56. The van der Waals surface area contributed by atoms with Crippen LogP contribution >= 0.6 is 0 Å². The number of carbonyl (C=O) groups excluding carboxylic acids is 2. The second kappa shape index (κ2) is 4.50. The van der Waals surface area contributed by atoms with Crippen molar-refractivity contribution in [3.8, 4) is 0 Å². The molecule has 3 heterocycles. The predicted molar refractivity (Wildman–Crippen MR) is 71.1 cm³/mol. The Kier molecular flexibility index (Phi) is 2.92. The number of aromatic nitrogens is 3. The first-order valence-electron chi connectivity index (χ1n) is 6.80. The molecule has 2 atom stereocenters. The van der Waals surface area contributed by atoms with Gasteiger partial charge < -0.3 is 0 Å². The van der Waals surface area contributed by atoms with E-state index in [0.29, 0.717) is 25.2 Å². The van der Waals surface area contributed by atoms with Crippen LogP contribution in [0, 0.1) is 5.92 Å². The maximum Gasteiger partial charge on any atom is 0.232 e. The summed E-state index contributed by atoms with van der Waals surface area (Å²) in [6.45, 7) is 5.98. The summed E-state index contributed by atoms with van der Waals surface area (Å²) in [6, 6.07) is 0. The summed E-state index contributed by atoms with van der Waals surface area (Å²) >= 11 is 0. The van der Waals surface area contributed by atoms with Crippen LogP contribution in [-0.2, 0) is 16.0 Å². The van der Waals surface area contributed by atoms with E-state index < -0.39 is 0 Å². The van der Waals surface area contributed by atoms with Crippen LogP contribution in [0.4, 0.5) is 0 Å². The monoisotopic (exact) mass is 275 g/mol. The summed E-state index contributed by atoms with van der Waals surface area (Å²) in [7, 11) is 0. The number of hydrogen-bond acceptors (Lipinski definition) is 5. The normalized spacial score (nSPS) is 23.2. The Hall–Kier alpha value is -2.05. The molecule has 2 amide bonds. The van der Waals surface area contributed by atoms with E-state index in [-0.39, 0.29) is 23.7 Å². The molecule has 1 aromatic heterocycles. The van der Waals surface area contributed by atoms with Gasteiger partial charge in [-0.1, -0.05) is 13.8 Å². The summed E-state index contributed by atoms with van der Waals surface area (Å²) < 4.78 is 0. The highest BCUT2D eigenvalue weighted by Crippen LogP contribution is 2.23. The van der Waals surface area contributed by atoms with Crippen molar-refractivity contribution in [3.05, 3.63) is 11.6 Å². The summed E-state index contributed by atoms with van der Waals surface area (Å²) in [5.41, 5.74) is 0.984. The first-order valence-corrected chi connectivity index (χ1v) is 6.80. The quantitative estimate of drug-likeness (QED) is 0.755. The molecule has 2 aliphatic rings. The fourth-order valence-corrected chi connectivity index (χ4v) is 2.57.